The Kier molecular flexibility index (Phi) is 12.4. The standard InChI is InChI=1S/C21H28O3Si.C15H14O3/c1-21(2,3)25(4,5)23-16-15-17-11-13-19(14-12-17)24-20(22)18-9-7-6-8-10-18;16-11-10-12-6-8-14(9-7-12)18-15(17)13-4-2-1-3-5-13/h6-14H,15-16H2,1-5H3;1-9,16H,10-11H2. The highest BCUT2D eigenvalue weighted by atomic mass is 28.4. The second-order valence-corrected chi connectivity index (χ2v) is 16.4. The van der Waals surface area contributed by atoms with Gasteiger partial charge in [-0.25, -0.2) is 9.59 Å². The molecule has 0 saturated heterocycles. The second-order valence-electron chi connectivity index (χ2n) is 11.6. The largest absolute Gasteiger partial charge is 0.423 e. The zero-order chi connectivity index (χ0) is 31.3. The van der Waals surface area contributed by atoms with Crippen molar-refractivity contribution in [2.75, 3.05) is 13.2 Å². The first-order valence-electron chi connectivity index (χ1n) is 14.5. The minimum absolute atomic E-state index is 0.114. The Morgan fingerprint density at radius 2 is 1.02 bits per heavy atom. The van der Waals surface area contributed by atoms with Crippen molar-refractivity contribution in [3.8, 4) is 11.5 Å². The molecule has 6 nitrogen and oxygen atoms in total. The summed E-state index contributed by atoms with van der Waals surface area (Å²) in [4.78, 5) is 23.8. The number of hydrogen-bond donors (Lipinski definition) is 1. The molecule has 1 N–H and O–H groups in total. The van der Waals surface area contributed by atoms with E-state index in [1.54, 1.807) is 48.5 Å². The van der Waals surface area contributed by atoms with Crippen LogP contribution < -0.4 is 9.47 Å². The highest BCUT2D eigenvalue weighted by Crippen LogP contribution is 2.36. The fraction of sp³-hybridized carbons (Fsp3) is 0.278. The summed E-state index contributed by atoms with van der Waals surface area (Å²) in [6, 6.07) is 32.6. The van der Waals surface area contributed by atoms with Crippen molar-refractivity contribution in [2.24, 2.45) is 0 Å². The summed E-state index contributed by atoms with van der Waals surface area (Å²) in [5.74, 6) is 0.355. The molecule has 4 aromatic carbocycles. The molecule has 0 aliphatic carbocycles. The summed E-state index contributed by atoms with van der Waals surface area (Å²) in [5.41, 5.74) is 3.27. The number of benzene rings is 4. The molecule has 0 unspecified atom stereocenters. The van der Waals surface area contributed by atoms with Gasteiger partial charge in [-0.15, -0.1) is 0 Å². The van der Waals surface area contributed by atoms with Crippen molar-refractivity contribution < 1.29 is 28.6 Å². The fourth-order valence-corrected chi connectivity index (χ4v) is 4.74. The van der Waals surface area contributed by atoms with Crippen LogP contribution in [0.15, 0.2) is 109 Å². The van der Waals surface area contributed by atoms with E-state index in [4.69, 9.17) is 19.0 Å². The molecule has 0 radical (unpaired) electrons. The van der Waals surface area contributed by atoms with Crippen molar-refractivity contribution in [2.45, 2.75) is 51.7 Å². The van der Waals surface area contributed by atoms with Crippen LogP contribution in [0.3, 0.4) is 0 Å². The van der Waals surface area contributed by atoms with Gasteiger partial charge in [0, 0.05) is 13.2 Å². The molecule has 0 aromatic heterocycles. The van der Waals surface area contributed by atoms with Crippen LogP contribution in [-0.2, 0) is 17.3 Å². The molecule has 0 bridgehead atoms. The maximum Gasteiger partial charge on any atom is 0.343 e. The van der Waals surface area contributed by atoms with E-state index >= 15 is 0 Å². The van der Waals surface area contributed by atoms with Gasteiger partial charge in [-0.05, 0) is 90.6 Å². The number of esters is 2. The van der Waals surface area contributed by atoms with Crippen molar-refractivity contribution in [1.29, 1.82) is 0 Å². The summed E-state index contributed by atoms with van der Waals surface area (Å²) < 4.78 is 16.8. The topological polar surface area (TPSA) is 82.1 Å². The average molecular weight is 599 g/mol. The summed E-state index contributed by atoms with van der Waals surface area (Å²) in [5, 5.41) is 9.02. The van der Waals surface area contributed by atoms with Gasteiger partial charge in [-0.3, -0.25) is 0 Å². The summed E-state index contributed by atoms with van der Waals surface area (Å²) in [6.07, 6.45) is 1.46. The lowest BCUT2D eigenvalue weighted by Crippen LogP contribution is -2.41. The summed E-state index contributed by atoms with van der Waals surface area (Å²) >= 11 is 0. The van der Waals surface area contributed by atoms with Crippen LogP contribution in [0.25, 0.3) is 0 Å². The van der Waals surface area contributed by atoms with Crippen molar-refractivity contribution >= 4 is 20.3 Å². The van der Waals surface area contributed by atoms with Crippen LogP contribution in [0.2, 0.25) is 18.1 Å². The molecule has 0 atom stereocenters. The van der Waals surface area contributed by atoms with E-state index in [-0.39, 0.29) is 23.6 Å². The number of carbonyl (C=O) groups excluding carboxylic acids is 2. The minimum Gasteiger partial charge on any atom is -0.423 e. The maximum atomic E-state index is 12.0. The Hall–Kier alpha value is -4.04. The average Bonchev–Trinajstić information content (AvgIpc) is 3.00. The highest BCUT2D eigenvalue weighted by Gasteiger charge is 2.36. The van der Waals surface area contributed by atoms with Crippen molar-refractivity contribution in [3.05, 3.63) is 131 Å². The third-order valence-corrected chi connectivity index (χ3v) is 11.9. The molecule has 0 aliphatic rings. The summed E-state index contributed by atoms with van der Waals surface area (Å²) in [7, 11) is -1.70. The first kappa shape index (κ1) is 33.5. The van der Waals surface area contributed by atoms with Gasteiger partial charge in [0.15, 0.2) is 8.32 Å². The van der Waals surface area contributed by atoms with Crippen LogP contribution in [-0.4, -0.2) is 38.6 Å². The van der Waals surface area contributed by atoms with E-state index in [1.165, 1.54) is 5.56 Å². The normalized spacial score (nSPS) is 11.2. The zero-order valence-electron chi connectivity index (χ0n) is 25.7. The van der Waals surface area contributed by atoms with Crippen LogP contribution in [0, 0.1) is 0 Å². The fourth-order valence-electron chi connectivity index (χ4n) is 3.70. The molecule has 0 fully saturated rings. The predicted molar refractivity (Wildman–Crippen MR) is 173 cm³/mol. The SMILES string of the molecule is CC(C)(C)[Si](C)(C)OCCc1ccc(OC(=O)c2ccccc2)cc1.O=C(Oc1ccc(CCO)cc1)c1ccccc1. The Bertz CT molecular complexity index is 1410. The van der Waals surface area contributed by atoms with Crippen LogP contribution >= 0.6 is 0 Å². The molecule has 0 aliphatic heterocycles. The zero-order valence-corrected chi connectivity index (χ0v) is 26.7. The highest BCUT2D eigenvalue weighted by molar-refractivity contribution is 6.74. The number of carbonyl (C=O) groups is 2. The van der Waals surface area contributed by atoms with Gasteiger partial charge >= 0.3 is 11.9 Å². The van der Waals surface area contributed by atoms with Gasteiger partial charge in [-0.1, -0.05) is 81.4 Å². The molecule has 4 aromatic rings. The lowest BCUT2D eigenvalue weighted by Gasteiger charge is -2.36. The first-order chi connectivity index (χ1) is 20.5. The van der Waals surface area contributed by atoms with Crippen LogP contribution in [0.5, 0.6) is 11.5 Å². The number of aliphatic hydroxyl groups excluding tert-OH is 1. The van der Waals surface area contributed by atoms with E-state index in [1.807, 2.05) is 60.7 Å². The Morgan fingerprint density at radius 3 is 1.40 bits per heavy atom. The number of rotatable bonds is 10. The van der Waals surface area contributed by atoms with Gasteiger partial charge in [0.25, 0.3) is 0 Å². The quantitative estimate of drug-likeness (QED) is 0.113. The first-order valence-corrected chi connectivity index (χ1v) is 17.4. The Labute approximate surface area is 256 Å². The molecule has 4 rings (SSSR count). The van der Waals surface area contributed by atoms with E-state index in [2.05, 4.69) is 33.9 Å². The van der Waals surface area contributed by atoms with Gasteiger partial charge < -0.3 is 19.0 Å². The lowest BCUT2D eigenvalue weighted by molar-refractivity contribution is 0.0725. The maximum absolute atomic E-state index is 12.0. The second kappa shape index (κ2) is 16.0. The van der Waals surface area contributed by atoms with E-state index in [0.29, 0.717) is 29.0 Å². The molecule has 0 heterocycles. The Morgan fingerprint density at radius 1 is 0.628 bits per heavy atom. The monoisotopic (exact) mass is 598 g/mol. The van der Waals surface area contributed by atoms with Crippen LogP contribution in [0.4, 0.5) is 0 Å². The third-order valence-electron chi connectivity index (χ3n) is 7.35. The van der Waals surface area contributed by atoms with Gasteiger partial charge in [-0.2, -0.15) is 0 Å². The number of ether oxygens (including phenoxy) is 2. The molecule has 7 heteroatoms. The van der Waals surface area contributed by atoms with Crippen molar-refractivity contribution in [1.82, 2.24) is 0 Å². The molecule has 0 amide bonds. The van der Waals surface area contributed by atoms with Gasteiger partial charge in [0.05, 0.1) is 11.1 Å². The van der Waals surface area contributed by atoms with E-state index < -0.39 is 8.32 Å². The molecule has 0 saturated carbocycles. The Balaban J connectivity index is 0.000000248. The van der Waals surface area contributed by atoms with E-state index in [9.17, 15) is 9.59 Å². The van der Waals surface area contributed by atoms with E-state index in [0.717, 1.165) is 18.6 Å². The van der Waals surface area contributed by atoms with Crippen molar-refractivity contribution in [3.63, 3.8) is 0 Å². The smallest absolute Gasteiger partial charge is 0.343 e. The molecular formula is C36H42O6Si. The predicted octanol–water partition coefficient (Wildman–Crippen LogP) is 7.91. The summed E-state index contributed by atoms with van der Waals surface area (Å²) in [6.45, 7) is 12.1. The van der Waals surface area contributed by atoms with Gasteiger partial charge in [0.1, 0.15) is 11.5 Å². The number of hydrogen-bond acceptors (Lipinski definition) is 6. The minimum atomic E-state index is -1.70. The van der Waals surface area contributed by atoms with Crippen LogP contribution in [0.1, 0.15) is 52.6 Å². The third kappa shape index (κ3) is 10.9. The lowest BCUT2D eigenvalue weighted by atomic mass is 10.1. The molecule has 0 spiro atoms. The molecule has 226 valence electrons. The molecule has 43 heavy (non-hydrogen) atoms. The number of aliphatic hydroxyl groups is 1. The van der Waals surface area contributed by atoms with Gasteiger partial charge in [0.2, 0.25) is 0 Å². The molecular weight excluding hydrogens is 556 g/mol.